The predicted molar refractivity (Wildman–Crippen MR) is 99.1 cm³/mol. The van der Waals surface area contributed by atoms with Crippen LogP contribution in [0.1, 0.15) is 27.9 Å². The zero-order chi connectivity index (χ0) is 17.6. The number of carbonyl (C=O) groups is 2. The van der Waals surface area contributed by atoms with Crippen LogP contribution in [0.2, 0.25) is 0 Å². The lowest BCUT2D eigenvalue weighted by molar-refractivity contribution is -0.129. The molecule has 0 radical (unpaired) electrons. The molecule has 0 saturated heterocycles. The van der Waals surface area contributed by atoms with Crippen LogP contribution in [0.25, 0.3) is 5.57 Å². The van der Waals surface area contributed by atoms with Crippen LogP contribution in [0.5, 0.6) is 0 Å². The number of aryl methyl sites for hydroxylation is 1. The van der Waals surface area contributed by atoms with Gasteiger partial charge in [0.2, 0.25) is 5.91 Å². The molecule has 0 aromatic heterocycles. The highest BCUT2D eigenvalue weighted by Gasteiger charge is 2.18. The van der Waals surface area contributed by atoms with E-state index in [4.69, 9.17) is 0 Å². The molecular formula is C21H22N2O2. The number of carbonyl (C=O) groups excluding carboxylic acids is 2. The van der Waals surface area contributed by atoms with Crippen LogP contribution in [-0.2, 0) is 4.79 Å². The minimum atomic E-state index is -0.205. The lowest BCUT2D eigenvalue weighted by Gasteiger charge is -2.27. The first-order chi connectivity index (χ1) is 12.1. The molecule has 1 N–H and O–H groups in total. The lowest BCUT2D eigenvalue weighted by Crippen LogP contribution is -2.42. The summed E-state index contributed by atoms with van der Waals surface area (Å²) in [6, 6.07) is 17.6. The van der Waals surface area contributed by atoms with Gasteiger partial charge in [0.1, 0.15) is 0 Å². The summed E-state index contributed by atoms with van der Waals surface area (Å²) in [5, 5.41) is 2.73. The Morgan fingerprint density at radius 1 is 1.04 bits per heavy atom. The third kappa shape index (κ3) is 4.15. The van der Waals surface area contributed by atoms with Gasteiger partial charge in [-0.1, -0.05) is 54.6 Å². The Kier molecular flexibility index (Phi) is 5.29. The number of nitrogens with zero attached hydrogens (tertiary/aromatic N) is 1. The summed E-state index contributed by atoms with van der Waals surface area (Å²) in [4.78, 5) is 26.3. The van der Waals surface area contributed by atoms with Gasteiger partial charge >= 0.3 is 0 Å². The zero-order valence-corrected chi connectivity index (χ0v) is 14.4. The number of hydrogen-bond acceptors (Lipinski definition) is 2. The summed E-state index contributed by atoms with van der Waals surface area (Å²) >= 11 is 0. The first-order valence-electron chi connectivity index (χ1n) is 8.51. The highest BCUT2D eigenvalue weighted by Crippen LogP contribution is 2.21. The molecule has 25 heavy (non-hydrogen) atoms. The third-order valence-corrected chi connectivity index (χ3v) is 4.50. The van der Waals surface area contributed by atoms with Crippen molar-refractivity contribution < 1.29 is 9.59 Å². The Morgan fingerprint density at radius 3 is 2.44 bits per heavy atom. The summed E-state index contributed by atoms with van der Waals surface area (Å²) in [5.41, 5.74) is 4.00. The summed E-state index contributed by atoms with van der Waals surface area (Å²) in [5.74, 6) is -0.255. The largest absolute Gasteiger partial charge is 0.343 e. The Bertz CT molecular complexity index is 797. The van der Waals surface area contributed by atoms with Gasteiger partial charge < -0.3 is 10.2 Å². The molecule has 2 aromatic carbocycles. The molecule has 0 aliphatic carbocycles. The van der Waals surface area contributed by atoms with Crippen molar-refractivity contribution in [1.82, 2.24) is 10.2 Å². The number of rotatable bonds is 4. The van der Waals surface area contributed by atoms with E-state index >= 15 is 0 Å². The maximum absolute atomic E-state index is 12.3. The highest BCUT2D eigenvalue weighted by atomic mass is 16.2. The van der Waals surface area contributed by atoms with Crippen LogP contribution in [0.4, 0.5) is 0 Å². The van der Waals surface area contributed by atoms with Crippen molar-refractivity contribution in [3.05, 3.63) is 77.4 Å². The first kappa shape index (κ1) is 17.0. The van der Waals surface area contributed by atoms with Crippen LogP contribution >= 0.6 is 0 Å². The van der Waals surface area contributed by atoms with E-state index in [1.807, 2.05) is 43.3 Å². The van der Waals surface area contributed by atoms with Crippen molar-refractivity contribution >= 4 is 17.4 Å². The number of benzene rings is 2. The lowest BCUT2D eigenvalue weighted by atomic mass is 9.99. The molecule has 0 fully saturated rings. The van der Waals surface area contributed by atoms with Crippen molar-refractivity contribution in [2.75, 3.05) is 19.6 Å². The summed E-state index contributed by atoms with van der Waals surface area (Å²) < 4.78 is 0. The highest BCUT2D eigenvalue weighted by molar-refractivity contribution is 5.97. The Morgan fingerprint density at radius 2 is 1.76 bits per heavy atom. The van der Waals surface area contributed by atoms with E-state index in [9.17, 15) is 9.59 Å². The summed E-state index contributed by atoms with van der Waals surface area (Å²) in [6.07, 6.45) is 2.93. The van der Waals surface area contributed by atoms with Gasteiger partial charge in [-0.15, -0.1) is 0 Å². The second kappa shape index (κ2) is 7.79. The second-order valence-electron chi connectivity index (χ2n) is 6.18. The molecule has 0 unspecified atom stereocenters. The zero-order valence-electron chi connectivity index (χ0n) is 14.4. The van der Waals surface area contributed by atoms with Gasteiger partial charge in [0.25, 0.3) is 5.91 Å². The van der Waals surface area contributed by atoms with E-state index in [2.05, 4.69) is 23.5 Å². The van der Waals surface area contributed by atoms with E-state index in [-0.39, 0.29) is 18.4 Å². The number of amides is 2. The molecule has 4 heteroatoms. The minimum Gasteiger partial charge on any atom is -0.343 e. The van der Waals surface area contributed by atoms with Crippen molar-refractivity contribution in [3.8, 4) is 0 Å². The fourth-order valence-corrected chi connectivity index (χ4v) is 3.00. The van der Waals surface area contributed by atoms with Gasteiger partial charge in [-0.05, 0) is 36.1 Å². The molecule has 2 aromatic rings. The van der Waals surface area contributed by atoms with E-state index < -0.39 is 0 Å². The molecule has 0 atom stereocenters. The Labute approximate surface area is 148 Å². The van der Waals surface area contributed by atoms with Gasteiger partial charge in [-0.2, -0.15) is 0 Å². The molecule has 0 spiro atoms. The van der Waals surface area contributed by atoms with Crippen LogP contribution in [0.3, 0.4) is 0 Å². The van der Waals surface area contributed by atoms with Crippen molar-refractivity contribution in [1.29, 1.82) is 0 Å². The third-order valence-electron chi connectivity index (χ3n) is 4.50. The molecule has 0 saturated carbocycles. The summed E-state index contributed by atoms with van der Waals surface area (Å²) in [7, 11) is 0. The summed E-state index contributed by atoms with van der Waals surface area (Å²) in [6.45, 7) is 3.18. The SMILES string of the molecule is Cc1ccccc1C(=O)NCC(=O)N1CC=C(c2ccccc2)CC1. The van der Waals surface area contributed by atoms with Crippen LogP contribution in [0.15, 0.2) is 60.7 Å². The van der Waals surface area contributed by atoms with Crippen molar-refractivity contribution in [3.63, 3.8) is 0 Å². The minimum absolute atomic E-state index is 0.0294. The Balaban J connectivity index is 1.54. The standard InChI is InChI=1S/C21H22N2O2/c1-16-7-5-6-10-19(16)21(25)22-15-20(24)23-13-11-18(12-14-23)17-8-3-2-4-9-17/h2-11H,12-15H2,1H3,(H,22,25). The first-order valence-corrected chi connectivity index (χ1v) is 8.51. The average Bonchev–Trinajstić information content (AvgIpc) is 2.67. The fourth-order valence-electron chi connectivity index (χ4n) is 3.00. The molecule has 1 aliphatic rings. The number of nitrogens with one attached hydrogen (secondary N) is 1. The van der Waals surface area contributed by atoms with Gasteiger partial charge in [0, 0.05) is 18.7 Å². The normalized spacial score (nSPS) is 14.0. The molecule has 0 bridgehead atoms. The predicted octanol–water partition coefficient (Wildman–Crippen LogP) is 3.04. The fraction of sp³-hybridized carbons (Fsp3) is 0.238. The van der Waals surface area contributed by atoms with Gasteiger partial charge in [0.05, 0.1) is 6.54 Å². The van der Waals surface area contributed by atoms with Gasteiger partial charge in [0.15, 0.2) is 0 Å². The molecule has 3 rings (SSSR count). The topological polar surface area (TPSA) is 49.4 Å². The molecule has 4 nitrogen and oxygen atoms in total. The number of hydrogen-bond donors (Lipinski definition) is 1. The van der Waals surface area contributed by atoms with Crippen LogP contribution in [0, 0.1) is 6.92 Å². The van der Waals surface area contributed by atoms with E-state index in [0.29, 0.717) is 18.7 Å². The van der Waals surface area contributed by atoms with E-state index in [0.717, 1.165) is 12.0 Å². The van der Waals surface area contributed by atoms with Crippen LogP contribution in [-0.4, -0.2) is 36.3 Å². The van der Waals surface area contributed by atoms with Crippen molar-refractivity contribution in [2.45, 2.75) is 13.3 Å². The average molecular weight is 334 g/mol. The smallest absolute Gasteiger partial charge is 0.251 e. The second-order valence-corrected chi connectivity index (χ2v) is 6.18. The van der Waals surface area contributed by atoms with Crippen molar-refractivity contribution in [2.24, 2.45) is 0 Å². The maximum Gasteiger partial charge on any atom is 0.251 e. The molecule has 128 valence electrons. The maximum atomic E-state index is 12.3. The van der Waals surface area contributed by atoms with Crippen LogP contribution < -0.4 is 5.32 Å². The van der Waals surface area contributed by atoms with Gasteiger partial charge in [-0.25, -0.2) is 0 Å². The van der Waals surface area contributed by atoms with Gasteiger partial charge in [-0.3, -0.25) is 9.59 Å². The molecule has 1 aliphatic heterocycles. The monoisotopic (exact) mass is 334 g/mol. The molecule has 2 amide bonds. The van der Waals surface area contributed by atoms with E-state index in [1.54, 1.807) is 11.0 Å². The van der Waals surface area contributed by atoms with E-state index in [1.165, 1.54) is 11.1 Å². The molecular weight excluding hydrogens is 312 g/mol. The quantitative estimate of drug-likeness (QED) is 0.934. The molecule has 1 heterocycles. The Hall–Kier alpha value is -2.88.